The van der Waals surface area contributed by atoms with Gasteiger partial charge in [0.15, 0.2) is 5.65 Å². The number of nitrogens with zero attached hydrogens (tertiary/aromatic N) is 3. The number of hydrogen-bond acceptors (Lipinski definition) is 7. The van der Waals surface area contributed by atoms with E-state index < -0.39 is 5.97 Å². The highest BCUT2D eigenvalue weighted by Crippen LogP contribution is 2.29. The SMILES string of the molecule is CCOc1ccc(-c2cc3nc(C4CCNCC4)c(C(=O)Nc4ccc(C(=O)OC)cc4)cn3n2)cc1. The van der Waals surface area contributed by atoms with E-state index >= 15 is 0 Å². The standard InChI is InChI=1S/C28H29N5O4/c1-3-37-22-10-6-18(7-11-22)24-16-25-31-26(19-12-14-29-15-13-19)23(17-33(25)32-24)27(34)30-21-8-4-20(5-9-21)28(35)36-2/h4-11,16-17,19,29H,3,12-15H2,1-2H3,(H,30,34). The first kappa shape index (κ1) is 24.5. The zero-order valence-corrected chi connectivity index (χ0v) is 20.9. The van der Waals surface area contributed by atoms with Gasteiger partial charge in [0.2, 0.25) is 0 Å². The van der Waals surface area contributed by atoms with Gasteiger partial charge in [0.25, 0.3) is 5.91 Å². The molecule has 9 heteroatoms. The van der Waals surface area contributed by atoms with Crippen LogP contribution in [0, 0.1) is 0 Å². The number of rotatable bonds is 7. The van der Waals surface area contributed by atoms with Crippen molar-refractivity contribution in [3.05, 3.63) is 77.6 Å². The number of nitrogens with one attached hydrogen (secondary N) is 2. The van der Waals surface area contributed by atoms with E-state index in [0.717, 1.165) is 48.6 Å². The number of esters is 1. The third-order valence-electron chi connectivity index (χ3n) is 6.47. The van der Waals surface area contributed by atoms with Gasteiger partial charge in [-0.1, -0.05) is 0 Å². The lowest BCUT2D eigenvalue weighted by molar-refractivity contribution is 0.0600. The van der Waals surface area contributed by atoms with Crippen LogP contribution >= 0.6 is 0 Å². The summed E-state index contributed by atoms with van der Waals surface area (Å²) in [4.78, 5) is 30.1. The molecule has 4 aromatic rings. The quantitative estimate of drug-likeness (QED) is 0.365. The Kier molecular flexibility index (Phi) is 7.14. The summed E-state index contributed by atoms with van der Waals surface area (Å²) in [5, 5.41) is 11.0. The molecular formula is C28H29N5O4. The fourth-order valence-electron chi connectivity index (χ4n) is 4.55. The molecular weight excluding hydrogens is 470 g/mol. The highest BCUT2D eigenvalue weighted by atomic mass is 16.5. The molecule has 37 heavy (non-hydrogen) atoms. The monoisotopic (exact) mass is 499 g/mol. The lowest BCUT2D eigenvalue weighted by Crippen LogP contribution is -2.29. The predicted octanol–water partition coefficient (Wildman–Crippen LogP) is 4.30. The zero-order chi connectivity index (χ0) is 25.8. The number of methoxy groups -OCH3 is 1. The van der Waals surface area contributed by atoms with Crippen LogP contribution in [0.25, 0.3) is 16.9 Å². The third-order valence-corrected chi connectivity index (χ3v) is 6.47. The predicted molar refractivity (Wildman–Crippen MR) is 140 cm³/mol. The van der Waals surface area contributed by atoms with Crippen LogP contribution in [0.3, 0.4) is 0 Å². The number of hydrogen-bond donors (Lipinski definition) is 2. The maximum Gasteiger partial charge on any atom is 0.337 e. The van der Waals surface area contributed by atoms with Crippen molar-refractivity contribution >= 4 is 23.2 Å². The Labute approximate surface area is 214 Å². The van der Waals surface area contributed by atoms with Gasteiger partial charge < -0.3 is 20.1 Å². The lowest BCUT2D eigenvalue weighted by Gasteiger charge is -2.24. The number of carbonyl (C=O) groups is 2. The molecule has 1 aliphatic heterocycles. The minimum absolute atomic E-state index is 0.164. The Bertz CT molecular complexity index is 1410. The molecule has 0 atom stereocenters. The first-order chi connectivity index (χ1) is 18.1. The summed E-state index contributed by atoms with van der Waals surface area (Å²) in [6, 6.07) is 16.3. The summed E-state index contributed by atoms with van der Waals surface area (Å²) in [5.74, 6) is 0.270. The zero-order valence-electron chi connectivity index (χ0n) is 20.9. The number of piperidine rings is 1. The fourth-order valence-corrected chi connectivity index (χ4v) is 4.55. The molecule has 1 aliphatic rings. The van der Waals surface area contributed by atoms with Crippen molar-refractivity contribution in [2.45, 2.75) is 25.7 Å². The molecule has 1 fully saturated rings. The first-order valence-corrected chi connectivity index (χ1v) is 12.4. The molecule has 0 radical (unpaired) electrons. The maximum absolute atomic E-state index is 13.5. The summed E-state index contributed by atoms with van der Waals surface area (Å²) in [5.41, 5.74) is 4.64. The Morgan fingerprint density at radius 1 is 1.08 bits per heavy atom. The molecule has 5 rings (SSSR count). The number of amides is 1. The number of carbonyl (C=O) groups excluding carboxylic acids is 2. The maximum atomic E-state index is 13.5. The molecule has 0 bridgehead atoms. The molecule has 2 N–H and O–H groups in total. The van der Waals surface area contributed by atoms with Crippen LogP contribution in [0.5, 0.6) is 5.75 Å². The smallest absolute Gasteiger partial charge is 0.337 e. The van der Waals surface area contributed by atoms with Crippen molar-refractivity contribution in [1.29, 1.82) is 0 Å². The molecule has 1 amide bonds. The van der Waals surface area contributed by atoms with Crippen LogP contribution in [0.2, 0.25) is 0 Å². The van der Waals surface area contributed by atoms with Gasteiger partial charge in [0.1, 0.15) is 5.75 Å². The summed E-state index contributed by atoms with van der Waals surface area (Å²) < 4.78 is 11.9. The second kappa shape index (κ2) is 10.8. The molecule has 0 saturated carbocycles. The van der Waals surface area contributed by atoms with Crippen LogP contribution in [0.4, 0.5) is 5.69 Å². The summed E-state index contributed by atoms with van der Waals surface area (Å²) in [7, 11) is 1.33. The minimum Gasteiger partial charge on any atom is -0.494 e. The molecule has 0 unspecified atom stereocenters. The molecule has 2 aromatic heterocycles. The van der Waals surface area contributed by atoms with E-state index in [1.807, 2.05) is 37.3 Å². The number of fused-ring (bicyclic) bond motifs is 1. The molecule has 0 aliphatic carbocycles. The fraction of sp³-hybridized carbons (Fsp3) is 0.286. The van der Waals surface area contributed by atoms with E-state index in [1.165, 1.54) is 7.11 Å². The molecule has 2 aromatic carbocycles. The minimum atomic E-state index is -0.428. The summed E-state index contributed by atoms with van der Waals surface area (Å²) in [6.07, 6.45) is 3.56. The van der Waals surface area contributed by atoms with Gasteiger partial charge in [-0.3, -0.25) is 4.79 Å². The average molecular weight is 500 g/mol. The van der Waals surface area contributed by atoms with E-state index in [0.29, 0.717) is 29.1 Å². The molecule has 3 heterocycles. The molecule has 9 nitrogen and oxygen atoms in total. The summed E-state index contributed by atoms with van der Waals surface area (Å²) >= 11 is 0. The van der Waals surface area contributed by atoms with Gasteiger partial charge in [-0.25, -0.2) is 14.3 Å². The van der Waals surface area contributed by atoms with Gasteiger partial charge >= 0.3 is 5.97 Å². The van der Waals surface area contributed by atoms with E-state index in [9.17, 15) is 9.59 Å². The van der Waals surface area contributed by atoms with Gasteiger partial charge in [-0.05, 0) is 81.4 Å². The van der Waals surface area contributed by atoms with Crippen molar-refractivity contribution in [3.8, 4) is 17.0 Å². The van der Waals surface area contributed by atoms with Gasteiger partial charge in [0.05, 0.1) is 36.2 Å². The van der Waals surface area contributed by atoms with Crippen LogP contribution in [-0.4, -0.2) is 53.3 Å². The topological polar surface area (TPSA) is 107 Å². The molecule has 0 spiro atoms. The van der Waals surface area contributed by atoms with Crippen molar-refractivity contribution in [1.82, 2.24) is 19.9 Å². The second-order valence-corrected chi connectivity index (χ2v) is 8.88. The Morgan fingerprint density at radius 3 is 2.49 bits per heavy atom. The lowest BCUT2D eigenvalue weighted by atomic mass is 9.91. The number of benzene rings is 2. The average Bonchev–Trinajstić information content (AvgIpc) is 3.36. The normalized spacial score (nSPS) is 13.9. The largest absolute Gasteiger partial charge is 0.494 e. The Balaban J connectivity index is 1.48. The number of anilines is 1. The Morgan fingerprint density at radius 2 is 1.81 bits per heavy atom. The molecule has 1 saturated heterocycles. The van der Waals surface area contributed by atoms with E-state index in [-0.39, 0.29) is 11.8 Å². The van der Waals surface area contributed by atoms with Crippen molar-refractivity contribution < 1.29 is 19.1 Å². The van der Waals surface area contributed by atoms with E-state index in [1.54, 1.807) is 35.0 Å². The van der Waals surface area contributed by atoms with Gasteiger partial charge in [-0.2, -0.15) is 5.10 Å². The molecule has 190 valence electrons. The van der Waals surface area contributed by atoms with Crippen molar-refractivity contribution in [2.24, 2.45) is 0 Å². The van der Waals surface area contributed by atoms with Gasteiger partial charge in [-0.15, -0.1) is 0 Å². The Hall–Kier alpha value is -4.24. The highest BCUT2D eigenvalue weighted by molar-refractivity contribution is 6.05. The third kappa shape index (κ3) is 5.31. The number of ether oxygens (including phenoxy) is 2. The van der Waals surface area contributed by atoms with Gasteiger partial charge in [0, 0.05) is 29.4 Å². The highest BCUT2D eigenvalue weighted by Gasteiger charge is 2.25. The van der Waals surface area contributed by atoms with Crippen LogP contribution in [0.15, 0.2) is 60.8 Å². The van der Waals surface area contributed by atoms with Crippen LogP contribution < -0.4 is 15.4 Å². The van der Waals surface area contributed by atoms with Crippen LogP contribution in [-0.2, 0) is 4.74 Å². The first-order valence-electron chi connectivity index (χ1n) is 12.4. The second-order valence-electron chi connectivity index (χ2n) is 8.88. The number of aromatic nitrogens is 3. The van der Waals surface area contributed by atoms with E-state index in [2.05, 4.69) is 10.6 Å². The van der Waals surface area contributed by atoms with Crippen molar-refractivity contribution in [3.63, 3.8) is 0 Å². The summed E-state index contributed by atoms with van der Waals surface area (Å²) in [6.45, 7) is 4.32. The van der Waals surface area contributed by atoms with E-state index in [4.69, 9.17) is 19.6 Å². The van der Waals surface area contributed by atoms with Crippen LogP contribution in [0.1, 0.15) is 52.1 Å². The van der Waals surface area contributed by atoms with Crippen molar-refractivity contribution in [2.75, 3.05) is 32.1 Å².